The molecule has 0 bridgehead atoms. The molecule has 1 N–H and O–H groups in total. The Labute approximate surface area is 263 Å². The number of aliphatic hydroxyl groups excluding tert-OH is 1. The topological polar surface area (TPSA) is 131 Å². The van der Waals surface area contributed by atoms with Crippen LogP contribution in [0.2, 0.25) is 0 Å². The maximum atomic E-state index is 8.57. The minimum Gasteiger partial charge on any atom is -0.394 e. The molecule has 0 saturated heterocycles. The van der Waals surface area contributed by atoms with E-state index in [2.05, 4.69) is 0 Å². The normalized spacial score (nSPS) is 11.5. The Morgan fingerprint density at radius 1 is 0.295 bits per heavy atom. The van der Waals surface area contributed by atoms with Gasteiger partial charge in [-0.3, -0.25) is 0 Å². The number of aliphatic hydroxyl groups is 1. The van der Waals surface area contributed by atoms with E-state index in [1.165, 1.54) is 0 Å². The number of benzene rings is 1. The summed E-state index contributed by atoms with van der Waals surface area (Å²) in [7, 11) is 0. The second kappa shape index (κ2) is 36.2. The van der Waals surface area contributed by atoms with E-state index in [4.69, 9.17) is 61.9 Å². The quantitative estimate of drug-likeness (QED) is 0.106. The zero-order chi connectivity index (χ0) is 31.3. The van der Waals surface area contributed by atoms with Gasteiger partial charge in [0, 0.05) is 0 Å². The molecule has 0 radical (unpaired) electrons. The molecule has 13 heteroatoms. The first-order chi connectivity index (χ1) is 21.9. The summed E-state index contributed by atoms with van der Waals surface area (Å²) in [6, 6.07) is 10.1. The van der Waals surface area contributed by atoms with E-state index < -0.39 is 0 Å². The second-order valence-electron chi connectivity index (χ2n) is 9.00. The molecule has 0 atom stereocenters. The van der Waals surface area contributed by atoms with Crippen molar-refractivity contribution in [3.05, 3.63) is 35.9 Å². The maximum Gasteiger partial charge on any atom is 0.0718 e. The van der Waals surface area contributed by atoms with Gasteiger partial charge in [-0.25, -0.2) is 0 Å². The Morgan fingerprint density at radius 3 is 0.773 bits per heavy atom. The summed E-state index contributed by atoms with van der Waals surface area (Å²) in [6.07, 6.45) is 0. The third kappa shape index (κ3) is 32.1. The van der Waals surface area contributed by atoms with Gasteiger partial charge >= 0.3 is 0 Å². The lowest BCUT2D eigenvalue weighted by Gasteiger charge is -2.09. The Morgan fingerprint density at radius 2 is 0.523 bits per heavy atom. The summed E-state index contributed by atoms with van der Waals surface area (Å²) in [5.74, 6) is 0. The molecule has 0 amide bonds. The summed E-state index contributed by atoms with van der Waals surface area (Å²) in [4.78, 5) is 0. The van der Waals surface area contributed by atoms with Crippen LogP contribution in [0.25, 0.3) is 0 Å². The van der Waals surface area contributed by atoms with E-state index >= 15 is 0 Å². The fourth-order valence-corrected chi connectivity index (χ4v) is 3.25. The van der Waals surface area contributed by atoms with Crippen LogP contribution in [-0.2, 0) is 63.4 Å². The first kappa shape index (κ1) is 40.7. The predicted octanol–water partition coefficient (Wildman–Crippen LogP) is 1.38. The number of hydrogen-bond acceptors (Lipinski definition) is 13. The molecular weight excluding hydrogens is 580 g/mol. The lowest BCUT2D eigenvalue weighted by atomic mass is 10.2. The first-order valence-electron chi connectivity index (χ1n) is 15.5. The minimum absolute atomic E-state index is 0.0255. The molecule has 0 fully saturated rings. The number of ether oxygens (including phenoxy) is 12. The van der Waals surface area contributed by atoms with Gasteiger partial charge in [-0.1, -0.05) is 30.3 Å². The number of hydrogen-bond donors (Lipinski definition) is 1. The van der Waals surface area contributed by atoms with Crippen LogP contribution in [0.5, 0.6) is 0 Å². The third-order valence-electron chi connectivity index (χ3n) is 5.44. The van der Waals surface area contributed by atoms with Crippen molar-refractivity contribution >= 4 is 0 Å². The van der Waals surface area contributed by atoms with E-state index in [0.717, 1.165) is 5.56 Å². The molecule has 0 aliphatic rings. The van der Waals surface area contributed by atoms with Gasteiger partial charge in [-0.05, 0) is 5.56 Å². The highest BCUT2D eigenvalue weighted by Crippen LogP contribution is 2.00. The molecule has 258 valence electrons. The second-order valence-corrected chi connectivity index (χ2v) is 9.00. The highest BCUT2D eigenvalue weighted by molar-refractivity contribution is 5.13. The average molecular weight is 637 g/mol. The van der Waals surface area contributed by atoms with Crippen LogP contribution in [0, 0.1) is 0 Å². The van der Waals surface area contributed by atoms with Crippen molar-refractivity contribution in [1.29, 1.82) is 0 Å². The van der Waals surface area contributed by atoms with Gasteiger partial charge in [0.2, 0.25) is 0 Å². The smallest absolute Gasteiger partial charge is 0.0718 e. The molecule has 0 aromatic heterocycles. The van der Waals surface area contributed by atoms with Crippen LogP contribution >= 0.6 is 0 Å². The fourth-order valence-electron chi connectivity index (χ4n) is 3.25. The third-order valence-corrected chi connectivity index (χ3v) is 5.44. The molecule has 1 rings (SSSR count). The highest BCUT2D eigenvalue weighted by Gasteiger charge is 1.97. The Bertz CT molecular complexity index is 657. The van der Waals surface area contributed by atoms with Crippen molar-refractivity contribution in [3.63, 3.8) is 0 Å². The van der Waals surface area contributed by atoms with Gasteiger partial charge in [0.05, 0.1) is 165 Å². The summed E-state index contributed by atoms with van der Waals surface area (Å²) >= 11 is 0. The monoisotopic (exact) mass is 636 g/mol. The van der Waals surface area contributed by atoms with E-state index in [1.54, 1.807) is 0 Å². The van der Waals surface area contributed by atoms with Crippen LogP contribution < -0.4 is 0 Å². The first-order valence-corrected chi connectivity index (χ1v) is 15.5. The summed E-state index contributed by atoms with van der Waals surface area (Å²) in [5, 5.41) is 8.57. The van der Waals surface area contributed by atoms with Crippen LogP contribution in [-0.4, -0.2) is 164 Å². The molecule has 1 aromatic carbocycles. The Balaban J connectivity index is 1.61. The van der Waals surface area contributed by atoms with Gasteiger partial charge in [0.15, 0.2) is 0 Å². The molecule has 0 aliphatic heterocycles. The standard InChI is InChI=1S/C31H56O13/c32-6-7-33-8-9-34-10-11-35-12-13-36-14-15-37-16-17-38-18-19-39-20-21-40-22-23-41-24-25-42-26-27-43-28-29-44-30-31-4-2-1-3-5-31/h1-5,32H,6-30H2. The molecule has 0 heterocycles. The highest BCUT2D eigenvalue weighted by atomic mass is 16.6. The van der Waals surface area contributed by atoms with Gasteiger partial charge in [0.25, 0.3) is 0 Å². The van der Waals surface area contributed by atoms with Crippen LogP contribution in [0.4, 0.5) is 0 Å². The van der Waals surface area contributed by atoms with Crippen LogP contribution in [0.15, 0.2) is 30.3 Å². The van der Waals surface area contributed by atoms with Gasteiger partial charge in [-0.15, -0.1) is 0 Å². The number of rotatable bonds is 37. The predicted molar refractivity (Wildman–Crippen MR) is 162 cm³/mol. The molecule has 0 unspecified atom stereocenters. The van der Waals surface area contributed by atoms with Crippen molar-refractivity contribution < 1.29 is 61.9 Å². The van der Waals surface area contributed by atoms with Crippen molar-refractivity contribution in [2.75, 3.05) is 159 Å². The molecule has 0 saturated carbocycles. The zero-order valence-electron chi connectivity index (χ0n) is 26.4. The van der Waals surface area contributed by atoms with Gasteiger partial charge in [-0.2, -0.15) is 0 Å². The van der Waals surface area contributed by atoms with Gasteiger partial charge < -0.3 is 61.9 Å². The molecule has 0 spiro atoms. The molecular formula is C31H56O13. The van der Waals surface area contributed by atoms with E-state index in [-0.39, 0.29) is 6.61 Å². The summed E-state index contributed by atoms with van der Waals surface area (Å²) in [5.41, 5.74) is 1.16. The molecule has 1 aromatic rings. The molecule has 13 nitrogen and oxygen atoms in total. The average Bonchev–Trinajstić information content (AvgIpc) is 3.05. The largest absolute Gasteiger partial charge is 0.394 e. The van der Waals surface area contributed by atoms with Crippen molar-refractivity contribution in [1.82, 2.24) is 0 Å². The van der Waals surface area contributed by atoms with Gasteiger partial charge in [0.1, 0.15) is 0 Å². The zero-order valence-corrected chi connectivity index (χ0v) is 26.4. The fraction of sp³-hybridized carbons (Fsp3) is 0.806. The maximum absolute atomic E-state index is 8.57. The van der Waals surface area contributed by atoms with E-state index in [0.29, 0.717) is 159 Å². The van der Waals surface area contributed by atoms with Crippen molar-refractivity contribution in [2.45, 2.75) is 6.61 Å². The van der Waals surface area contributed by atoms with E-state index in [1.807, 2.05) is 30.3 Å². The van der Waals surface area contributed by atoms with E-state index in [9.17, 15) is 0 Å². The summed E-state index contributed by atoms with van der Waals surface area (Å²) in [6.45, 7) is 12.2. The Kier molecular flexibility index (Phi) is 33.5. The van der Waals surface area contributed by atoms with Crippen LogP contribution in [0.1, 0.15) is 5.56 Å². The SMILES string of the molecule is OCCOCCOCCOCCOCCOCCOCCOCCOCCOCCOCCOCCOCc1ccccc1. The minimum atomic E-state index is 0.0255. The lowest BCUT2D eigenvalue weighted by molar-refractivity contribution is -0.0287. The summed E-state index contributed by atoms with van der Waals surface area (Å²) < 4.78 is 65.1. The van der Waals surface area contributed by atoms with Crippen LogP contribution in [0.3, 0.4) is 0 Å². The molecule has 0 aliphatic carbocycles. The van der Waals surface area contributed by atoms with Crippen molar-refractivity contribution in [2.24, 2.45) is 0 Å². The lowest BCUT2D eigenvalue weighted by Crippen LogP contribution is -2.15. The van der Waals surface area contributed by atoms with Crippen molar-refractivity contribution in [3.8, 4) is 0 Å². The molecule has 44 heavy (non-hydrogen) atoms. The Hall–Kier alpha value is -1.30.